The van der Waals surface area contributed by atoms with Crippen LogP contribution < -0.4 is 5.32 Å². The van der Waals surface area contributed by atoms with Gasteiger partial charge in [0.1, 0.15) is 12.2 Å². The molecule has 0 aromatic carbocycles. The Labute approximate surface area is 134 Å². The van der Waals surface area contributed by atoms with Gasteiger partial charge in [-0.15, -0.1) is 0 Å². The molecular formula is C14H19Cl2N5. The van der Waals surface area contributed by atoms with E-state index >= 15 is 0 Å². The van der Waals surface area contributed by atoms with Crippen molar-refractivity contribution in [1.82, 2.24) is 25.1 Å². The summed E-state index contributed by atoms with van der Waals surface area (Å²) in [6, 6.07) is 1.95. The summed E-state index contributed by atoms with van der Waals surface area (Å²) < 4.78 is 1.91. The fourth-order valence-corrected chi connectivity index (χ4v) is 2.74. The highest BCUT2D eigenvalue weighted by Crippen LogP contribution is 2.26. The van der Waals surface area contributed by atoms with Gasteiger partial charge in [-0.2, -0.15) is 5.10 Å². The summed E-state index contributed by atoms with van der Waals surface area (Å²) >= 11 is 12.2. The third kappa shape index (κ3) is 3.93. The van der Waals surface area contributed by atoms with Gasteiger partial charge in [0.2, 0.25) is 0 Å². The van der Waals surface area contributed by atoms with Crippen LogP contribution in [0.1, 0.15) is 44.4 Å². The van der Waals surface area contributed by atoms with Crippen molar-refractivity contribution in [3.8, 4) is 0 Å². The zero-order chi connectivity index (χ0) is 15.4. The first-order chi connectivity index (χ1) is 10.0. The molecule has 114 valence electrons. The number of nitrogens with one attached hydrogen (secondary N) is 1. The molecule has 0 radical (unpaired) electrons. The van der Waals surface area contributed by atoms with Gasteiger partial charge in [-0.3, -0.25) is 4.98 Å². The first kappa shape index (κ1) is 16.2. The van der Waals surface area contributed by atoms with Crippen LogP contribution in [-0.4, -0.2) is 26.3 Å². The van der Waals surface area contributed by atoms with Crippen LogP contribution in [0.5, 0.6) is 0 Å². The first-order valence-corrected chi connectivity index (χ1v) is 7.71. The Morgan fingerprint density at radius 2 is 2.05 bits per heavy atom. The zero-order valence-electron chi connectivity index (χ0n) is 12.3. The summed E-state index contributed by atoms with van der Waals surface area (Å²) in [5.74, 6) is 0.906. The Kier molecular flexibility index (Phi) is 5.56. The minimum atomic E-state index is -0.0264. The molecule has 0 saturated heterocycles. The Morgan fingerprint density at radius 3 is 2.67 bits per heavy atom. The lowest BCUT2D eigenvalue weighted by molar-refractivity contribution is 0.464. The molecule has 0 aliphatic carbocycles. The Hall–Kier alpha value is -1.17. The largest absolute Gasteiger partial charge is 0.308 e. The van der Waals surface area contributed by atoms with Gasteiger partial charge in [0.15, 0.2) is 0 Å². The van der Waals surface area contributed by atoms with Crippen LogP contribution >= 0.6 is 23.2 Å². The summed E-state index contributed by atoms with van der Waals surface area (Å²) in [4.78, 5) is 8.72. The molecule has 2 aromatic rings. The highest BCUT2D eigenvalue weighted by Gasteiger charge is 2.20. The number of nitrogens with zero attached hydrogens (tertiary/aromatic N) is 4. The summed E-state index contributed by atoms with van der Waals surface area (Å²) in [6.07, 6.45) is 3.86. The quantitative estimate of drug-likeness (QED) is 0.882. The van der Waals surface area contributed by atoms with E-state index in [4.69, 9.17) is 23.2 Å². The maximum absolute atomic E-state index is 6.27. The summed E-state index contributed by atoms with van der Waals surface area (Å²) in [7, 11) is 0. The van der Waals surface area contributed by atoms with E-state index in [2.05, 4.69) is 34.2 Å². The molecule has 2 rings (SSSR count). The van der Waals surface area contributed by atoms with Crippen molar-refractivity contribution in [2.45, 2.75) is 39.3 Å². The van der Waals surface area contributed by atoms with E-state index in [0.717, 1.165) is 18.1 Å². The van der Waals surface area contributed by atoms with Gasteiger partial charge in [-0.1, -0.05) is 30.1 Å². The predicted molar refractivity (Wildman–Crippen MR) is 84.8 cm³/mol. The maximum atomic E-state index is 6.27. The van der Waals surface area contributed by atoms with Crippen LogP contribution in [0.15, 0.2) is 18.6 Å². The van der Waals surface area contributed by atoms with Crippen LogP contribution in [0.2, 0.25) is 10.0 Å². The van der Waals surface area contributed by atoms with Crippen molar-refractivity contribution in [3.63, 3.8) is 0 Å². The van der Waals surface area contributed by atoms with Crippen LogP contribution in [0.3, 0.4) is 0 Å². The van der Waals surface area contributed by atoms with Crippen molar-refractivity contribution in [1.29, 1.82) is 0 Å². The second kappa shape index (κ2) is 7.20. The Balaban J connectivity index is 2.28. The SMILES string of the molecule is CCNC(Cc1ncnn1C(C)C)c1ncc(Cl)cc1Cl. The van der Waals surface area contributed by atoms with Crippen LogP contribution in [0.4, 0.5) is 0 Å². The molecular weight excluding hydrogens is 309 g/mol. The molecule has 0 spiro atoms. The van der Waals surface area contributed by atoms with E-state index in [1.165, 1.54) is 0 Å². The average Bonchev–Trinajstić information content (AvgIpc) is 2.86. The molecule has 0 aliphatic heterocycles. The van der Waals surface area contributed by atoms with Crippen molar-refractivity contribution in [2.24, 2.45) is 0 Å². The van der Waals surface area contributed by atoms with E-state index in [9.17, 15) is 0 Å². The normalized spacial score (nSPS) is 12.9. The second-order valence-electron chi connectivity index (χ2n) is 5.05. The molecule has 0 saturated carbocycles. The topological polar surface area (TPSA) is 55.6 Å². The third-order valence-electron chi connectivity index (χ3n) is 3.14. The van der Waals surface area contributed by atoms with Gasteiger partial charge in [-0.25, -0.2) is 9.67 Å². The van der Waals surface area contributed by atoms with Crippen LogP contribution in [-0.2, 0) is 6.42 Å². The smallest absolute Gasteiger partial charge is 0.138 e. The highest BCUT2D eigenvalue weighted by atomic mass is 35.5. The molecule has 0 bridgehead atoms. The van der Waals surface area contributed by atoms with E-state index in [1.807, 2.05) is 11.6 Å². The van der Waals surface area contributed by atoms with Gasteiger partial charge in [0, 0.05) is 18.7 Å². The van der Waals surface area contributed by atoms with Crippen molar-refractivity contribution >= 4 is 23.2 Å². The maximum Gasteiger partial charge on any atom is 0.138 e. The molecule has 1 unspecified atom stereocenters. The number of rotatable bonds is 6. The van der Waals surface area contributed by atoms with Crippen LogP contribution in [0.25, 0.3) is 0 Å². The number of halogens is 2. The molecule has 5 nitrogen and oxygen atoms in total. The monoisotopic (exact) mass is 327 g/mol. The molecule has 2 heterocycles. The molecule has 0 amide bonds. The number of hydrogen-bond donors (Lipinski definition) is 1. The lowest BCUT2D eigenvalue weighted by atomic mass is 10.1. The first-order valence-electron chi connectivity index (χ1n) is 6.95. The summed E-state index contributed by atoms with van der Waals surface area (Å²) in [5.41, 5.74) is 0.779. The lowest BCUT2D eigenvalue weighted by Gasteiger charge is -2.19. The van der Waals surface area contributed by atoms with Crippen molar-refractivity contribution in [2.75, 3.05) is 6.54 Å². The van der Waals surface area contributed by atoms with Gasteiger partial charge in [-0.05, 0) is 26.5 Å². The minimum Gasteiger partial charge on any atom is -0.308 e. The zero-order valence-corrected chi connectivity index (χ0v) is 13.9. The summed E-state index contributed by atoms with van der Waals surface area (Å²) in [6.45, 7) is 7.01. The third-order valence-corrected chi connectivity index (χ3v) is 3.65. The van der Waals surface area contributed by atoms with E-state index in [-0.39, 0.29) is 12.1 Å². The van der Waals surface area contributed by atoms with Crippen molar-refractivity contribution < 1.29 is 0 Å². The summed E-state index contributed by atoms with van der Waals surface area (Å²) in [5, 5.41) is 8.75. The fraction of sp³-hybridized carbons (Fsp3) is 0.500. The molecule has 21 heavy (non-hydrogen) atoms. The number of aromatic nitrogens is 4. The lowest BCUT2D eigenvalue weighted by Crippen LogP contribution is -2.26. The van der Waals surface area contributed by atoms with Crippen molar-refractivity contribution in [3.05, 3.63) is 40.2 Å². The van der Waals surface area contributed by atoms with Gasteiger partial charge in [0.25, 0.3) is 0 Å². The van der Waals surface area contributed by atoms with Gasteiger partial charge < -0.3 is 5.32 Å². The fourth-order valence-electron chi connectivity index (χ4n) is 2.23. The highest BCUT2D eigenvalue weighted by molar-refractivity contribution is 6.34. The molecule has 2 aromatic heterocycles. The molecule has 7 heteroatoms. The standard InChI is InChI=1S/C14H19Cl2N5/c1-4-17-12(14-11(16)5-10(15)7-18-14)6-13-19-8-20-21(13)9(2)3/h5,7-9,12,17H,4,6H2,1-3H3. The number of likely N-dealkylation sites (N-methyl/N-ethyl adjacent to an activating group) is 1. The average molecular weight is 328 g/mol. The number of pyridine rings is 1. The molecule has 1 atom stereocenters. The van der Waals surface area contributed by atoms with E-state index in [0.29, 0.717) is 16.5 Å². The molecule has 0 fully saturated rings. The van der Waals surface area contributed by atoms with E-state index < -0.39 is 0 Å². The van der Waals surface area contributed by atoms with Crippen LogP contribution in [0, 0.1) is 0 Å². The van der Waals surface area contributed by atoms with Gasteiger partial charge >= 0.3 is 0 Å². The minimum absolute atomic E-state index is 0.0264. The predicted octanol–water partition coefficient (Wildman–Crippen LogP) is 3.45. The molecule has 0 aliphatic rings. The number of hydrogen-bond acceptors (Lipinski definition) is 4. The van der Waals surface area contributed by atoms with E-state index in [1.54, 1.807) is 18.6 Å². The molecule has 1 N–H and O–H groups in total. The Bertz CT molecular complexity index is 597. The van der Waals surface area contributed by atoms with Gasteiger partial charge in [0.05, 0.1) is 21.8 Å². The second-order valence-corrected chi connectivity index (χ2v) is 5.89. The Morgan fingerprint density at radius 1 is 1.29 bits per heavy atom.